The third-order valence-electron chi connectivity index (χ3n) is 2.58. The number of ether oxygens (including phenoxy) is 2. The molecule has 106 valence electrons. The Kier molecular flexibility index (Phi) is 3.79. The number of hydrogen-bond acceptors (Lipinski definition) is 4. The van der Waals surface area contributed by atoms with Crippen molar-refractivity contribution in [2.75, 3.05) is 7.11 Å². The normalized spacial score (nSPS) is 11.2. The molecule has 2 aromatic heterocycles. The lowest BCUT2D eigenvalue weighted by molar-refractivity contribution is 0.0540. The zero-order valence-electron chi connectivity index (χ0n) is 12.1. The summed E-state index contributed by atoms with van der Waals surface area (Å²) in [6, 6.07) is 7.24. The Morgan fingerprint density at radius 2 is 2.05 bits per heavy atom. The maximum absolute atomic E-state index is 12.2. The molecule has 2 aromatic rings. The summed E-state index contributed by atoms with van der Waals surface area (Å²) in [7, 11) is 1.55. The van der Waals surface area contributed by atoms with Crippen LogP contribution in [0.3, 0.4) is 0 Å². The molecule has 0 saturated carbocycles. The van der Waals surface area contributed by atoms with E-state index in [9.17, 15) is 4.79 Å². The summed E-state index contributed by atoms with van der Waals surface area (Å²) in [6.45, 7) is 5.51. The molecule has 5 heteroatoms. The highest BCUT2D eigenvalue weighted by Crippen LogP contribution is 2.23. The number of hydrogen-bond donors (Lipinski definition) is 0. The molecule has 0 unspecified atom stereocenters. The number of aromatic nitrogens is 2. The third-order valence-corrected chi connectivity index (χ3v) is 2.58. The lowest BCUT2D eigenvalue weighted by Crippen LogP contribution is -2.27. The van der Waals surface area contributed by atoms with Crippen LogP contribution in [-0.2, 0) is 4.74 Å². The summed E-state index contributed by atoms with van der Waals surface area (Å²) in [5.41, 5.74) is 1.04. The van der Waals surface area contributed by atoms with E-state index in [1.54, 1.807) is 31.6 Å². The highest BCUT2D eigenvalue weighted by molar-refractivity contribution is 5.78. The van der Waals surface area contributed by atoms with Gasteiger partial charge in [0.2, 0.25) is 5.88 Å². The Hall–Kier alpha value is -2.30. The maximum Gasteiger partial charge on any atom is 0.418 e. The molecule has 5 nitrogen and oxygen atoms in total. The van der Waals surface area contributed by atoms with E-state index in [2.05, 4.69) is 4.98 Å². The summed E-state index contributed by atoms with van der Waals surface area (Å²) >= 11 is 0. The number of carbonyl (C=O) groups is 1. The smallest absolute Gasteiger partial charge is 0.418 e. The van der Waals surface area contributed by atoms with E-state index < -0.39 is 11.7 Å². The summed E-state index contributed by atoms with van der Waals surface area (Å²) in [5.74, 6) is 0.499. The maximum atomic E-state index is 12.2. The lowest BCUT2D eigenvalue weighted by Gasteiger charge is -2.20. The number of pyridine rings is 1. The van der Waals surface area contributed by atoms with Crippen molar-refractivity contribution in [3.63, 3.8) is 0 Å². The Balaban J connectivity index is 2.35. The number of nitrogens with zero attached hydrogens (tertiary/aromatic N) is 2. The SMILES string of the molecule is COc1cc(-c2cccn2C(=O)OC(C)(C)C)ccn1. The molecule has 0 bridgehead atoms. The van der Waals surface area contributed by atoms with Gasteiger partial charge in [0.1, 0.15) is 5.60 Å². The number of rotatable bonds is 2. The van der Waals surface area contributed by atoms with Crippen LogP contribution in [0.25, 0.3) is 11.3 Å². The summed E-state index contributed by atoms with van der Waals surface area (Å²) in [5, 5.41) is 0. The molecule has 20 heavy (non-hydrogen) atoms. The van der Waals surface area contributed by atoms with Crippen molar-refractivity contribution in [2.45, 2.75) is 26.4 Å². The molecule has 0 aromatic carbocycles. The van der Waals surface area contributed by atoms with E-state index in [-0.39, 0.29) is 0 Å². The first-order chi connectivity index (χ1) is 9.40. The minimum atomic E-state index is -0.533. The molecule has 0 radical (unpaired) electrons. The van der Waals surface area contributed by atoms with Gasteiger partial charge in [-0.15, -0.1) is 0 Å². The molecule has 0 spiro atoms. The predicted molar refractivity (Wildman–Crippen MR) is 75.8 cm³/mol. The average Bonchev–Trinajstić information content (AvgIpc) is 2.86. The number of carbonyl (C=O) groups excluding carboxylic acids is 1. The minimum Gasteiger partial charge on any atom is -0.481 e. The highest BCUT2D eigenvalue weighted by Gasteiger charge is 2.19. The molecule has 0 amide bonds. The fourth-order valence-corrected chi connectivity index (χ4v) is 1.77. The summed E-state index contributed by atoms with van der Waals surface area (Å²) in [4.78, 5) is 16.2. The van der Waals surface area contributed by atoms with E-state index in [4.69, 9.17) is 9.47 Å². The van der Waals surface area contributed by atoms with Gasteiger partial charge in [-0.25, -0.2) is 9.78 Å². The van der Waals surface area contributed by atoms with Crippen molar-refractivity contribution in [1.29, 1.82) is 0 Å². The summed E-state index contributed by atoms with van der Waals surface area (Å²) in [6.07, 6.45) is 2.91. The van der Waals surface area contributed by atoms with Gasteiger partial charge in [-0.2, -0.15) is 0 Å². The minimum absolute atomic E-state index is 0.409. The Morgan fingerprint density at radius 1 is 1.30 bits per heavy atom. The van der Waals surface area contributed by atoms with Gasteiger partial charge in [0, 0.05) is 24.0 Å². The highest BCUT2D eigenvalue weighted by atomic mass is 16.6. The van der Waals surface area contributed by atoms with Crippen LogP contribution in [-0.4, -0.2) is 28.4 Å². The molecule has 0 N–H and O–H groups in total. The number of methoxy groups -OCH3 is 1. The Morgan fingerprint density at radius 3 is 2.70 bits per heavy atom. The van der Waals surface area contributed by atoms with Crippen LogP contribution in [0.4, 0.5) is 4.79 Å². The van der Waals surface area contributed by atoms with E-state index in [1.807, 2.05) is 32.9 Å². The van der Waals surface area contributed by atoms with Crippen LogP contribution in [0.15, 0.2) is 36.7 Å². The van der Waals surface area contributed by atoms with E-state index in [0.717, 1.165) is 11.3 Å². The van der Waals surface area contributed by atoms with Crippen molar-refractivity contribution in [3.05, 3.63) is 36.7 Å². The van der Waals surface area contributed by atoms with E-state index >= 15 is 0 Å². The van der Waals surface area contributed by atoms with Gasteiger partial charge in [-0.3, -0.25) is 4.57 Å². The van der Waals surface area contributed by atoms with Crippen LogP contribution < -0.4 is 4.74 Å². The zero-order chi connectivity index (χ0) is 14.8. The second-order valence-corrected chi connectivity index (χ2v) is 5.33. The first-order valence-electron chi connectivity index (χ1n) is 6.32. The molecular weight excluding hydrogens is 256 g/mol. The molecular formula is C15H18N2O3. The first-order valence-corrected chi connectivity index (χ1v) is 6.32. The van der Waals surface area contributed by atoms with Crippen molar-refractivity contribution in [1.82, 2.24) is 9.55 Å². The molecule has 0 aliphatic heterocycles. The lowest BCUT2D eigenvalue weighted by atomic mass is 10.2. The van der Waals surface area contributed by atoms with Crippen LogP contribution in [0.1, 0.15) is 20.8 Å². The van der Waals surface area contributed by atoms with Gasteiger partial charge in [-0.1, -0.05) is 0 Å². The topological polar surface area (TPSA) is 53.4 Å². The van der Waals surface area contributed by atoms with Crippen molar-refractivity contribution >= 4 is 6.09 Å². The molecule has 0 aliphatic rings. The fraction of sp³-hybridized carbons (Fsp3) is 0.333. The van der Waals surface area contributed by atoms with Gasteiger partial charge in [0.25, 0.3) is 0 Å². The molecule has 0 atom stereocenters. The van der Waals surface area contributed by atoms with Gasteiger partial charge >= 0.3 is 6.09 Å². The van der Waals surface area contributed by atoms with Gasteiger partial charge in [0.05, 0.1) is 12.8 Å². The average molecular weight is 274 g/mol. The summed E-state index contributed by atoms with van der Waals surface area (Å²) < 4.78 is 11.9. The van der Waals surface area contributed by atoms with E-state index in [0.29, 0.717) is 5.88 Å². The molecule has 0 fully saturated rings. The first kappa shape index (κ1) is 14.1. The fourth-order valence-electron chi connectivity index (χ4n) is 1.77. The third kappa shape index (κ3) is 3.17. The van der Waals surface area contributed by atoms with Crippen molar-refractivity contribution in [3.8, 4) is 17.1 Å². The zero-order valence-corrected chi connectivity index (χ0v) is 12.1. The Labute approximate surface area is 118 Å². The van der Waals surface area contributed by atoms with Gasteiger partial charge in [0.15, 0.2) is 0 Å². The molecule has 0 saturated heterocycles. The van der Waals surface area contributed by atoms with Gasteiger partial charge in [-0.05, 0) is 39.0 Å². The van der Waals surface area contributed by atoms with Crippen LogP contribution in [0.5, 0.6) is 5.88 Å². The van der Waals surface area contributed by atoms with Crippen molar-refractivity contribution < 1.29 is 14.3 Å². The van der Waals surface area contributed by atoms with Gasteiger partial charge < -0.3 is 9.47 Å². The quantitative estimate of drug-likeness (QED) is 0.842. The largest absolute Gasteiger partial charge is 0.481 e. The Bertz CT molecular complexity index is 612. The second kappa shape index (κ2) is 5.36. The predicted octanol–water partition coefficient (Wildman–Crippen LogP) is 3.34. The standard InChI is InChI=1S/C15H18N2O3/c1-15(2,3)20-14(18)17-9-5-6-12(17)11-7-8-16-13(10-11)19-4/h5-10H,1-4H3. The second-order valence-electron chi connectivity index (χ2n) is 5.33. The van der Waals surface area contributed by atoms with Crippen molar-refractivity contribution in [2.24, 2.45) is 0 Å². The monoisotopic (exact) mass is 274 g/mol. The molecule has 0 aliphatic carbocycles. The van der Waals surface area contributed by atoms with Crippen LogP contribution in [0, 0.1) is 0 Å². The molecule has 2 heterocycles. The van der Waals surface area contributed by atoms with Crippen LogP contribution in [0.2, 0.25) is 0 Å². The van der Waals surface area contributed by atoms with E-state index in [1.165, 1.54) is 4.57 Å². The van der Waals surface area contributed by atoms with Crippen LogP contribution >= 0.6 is 0 Å². The molecule has 2 rings (SSSR count).